The van der Waals surface area contributed by atoms with Crippen LogP contribution in [-0.4, -0.2) is 24.3 Å². The first-order chi connectivity index (χ1) is 17.5. The van der Waals surface area contributed by atoms with E-state index in [4.69, 9.17) is 4.74 Å². The highest BCUT2D eigenvalue weighted by Gasteiger charge is 2.16. The standard InChI is InChI=1S/C32H35FO3/c1-22(2)32(35)36-19-17-28-20-29(13-12-26(28)16-18-34)30-15-14-27(21-31(30)33)25-10-8-24(9-11-25)23-6-4-3-5-7-23/h8-15,20-21,23,34H,1,3-7,16-19H2,2H3. The van der Waals surface area contributed by atoms with Gasteiger partial charge < -0.3 is 9.84 Å². The van der Waals surface area contributed by atoms with Gasteiger partial charge in [-0.05, 0) is 71.6 Å². The maximum atomic E-state index is 15.3. The van der Waals surface area contributed by atoms with Crippen LogP contribution < -0.4 is 0 Å². The number of esters is 1. The number of carbonyl (C=O) groups excluding carboxylic acids is 1. The molecule has 4 rings (SSSR count). The molecule has 0 atom stereocenters. The predicted octanol–water partition coefficient (Wildman–Crippen LogP) is 7.40. The first kappa shape index (κ1) is 25.8. The van der Waals surface area contributed by atoms with Crippen LogP contribution in [0.25, 0.3) is 22.3 Å². The average Bonchev–Trinajstić information content (AvgIpc) is 2.90. The minimum Gasteiger partial charge on any atom is -0.462 e. The lowest BCUT2D eigenvalue weighted by Gasteiger charge is -2.22. The van der Waals surface area contributed by atoms with Gasteiger partial charge >= 0.3 is 5.97 Å². The Morgan fingerprint density at radius 3 is 2.28 bits per heavy atom. The number of halogens is 1. The minimum absolute atomic E-state index is 0.0144. The van der Waals surface area contributed by atoms with Crippen molar-refractivity contribution in [1.29, 1.82) is 0 Å². The lowest BCUT2D eigenvalue weighted by atomic mass is 9.83. The maximum absolute atomic E-state index is 15.3. The number of rotatable bonds is 9. The van der Waals surface area contributed by atoms with Gasteiger partial charge in [-0.3, -0.25) is 0 Å². The highest BCUT2D eigenvalue weighted by molar-refractivity contribution is 5.86. The van der Waals surface area contributed by atoms with Crippen LogP contribution in [0.3, 0.4) is 0 Å². The van der Waals surface area contributed by atoms with Gasteiger partial charge in [-0.15, -0.1) is 0 Å². The Bertz CT molecular complexity index is 1210. The van der Waals surface area contributed by atoms with Gasteiger partial charge in [0.25, 0.3) is 0 Å². The molecule has 0 aromatic heterocycles. The summed E-state index contributed by atoms with van der Waals surface area (Å²) in [6.07, 6.45) is 7.45. The molecule has 0 aliphatic heterocycles. The SMILES string of the molecule is C=C(C)C(=O)OCCc1cc(-c2ccc(-c3ccc(C4CCCCC4)cc3)cc2F)ccc1CCO. The Labute approximate surface area is 213 Å². The zero-order valence-electron chi connectivity index (χ0n) is 21.1. The Balaban J connectivity index is 1.53. The molecular weight excluding hydrogens is 451 g/mol. The van der Waals surface area contributed by atoms with Crippen molar-refractivity contribution in [2.45, 2.75) is 57.8 Å². The van der Waals surface area contributed by atoms with Crippen LogP contribution >= 0.6 is 0 Å². The molecule has 0 amide bonds. The first-order valence-electron chi connectivity index (χ1n) is 12.9. The summed E-state index contributed by atoms with van der Waals surface area (Å²) in [6, 6.07) is 19.7. The molecule has 0 bridgehead atoms. The second-order valence-corrected chi connectivity index (χ2v) is 9.77. The fraction of sp³-hybridized carbons (Fsp3) is 0.344. The fourth-order valence-electron chi connectivity index (χ4n) is 5.08. The number of carbonyl (C=O) groups is 1. The van der Waals surface area contributed by atoms with E-state index in [1.54, 1.807) is 13.0 Å². The van der Waals surface area contributed by atoms with Crippen molar-refractivity contribution in [1.82, 2.24) is 0 Å². The Morgan fingerprint density at radius 2 is 1.61 bits per heavy atom. The highest BCUT2D eigenvalue weighted by Crippen LogP contribution is 2.34. The highest BCUT2D eigenvalue weighted by atomic mass is 19.1. The normalized spacial score (nSPS) is 14.0. The fourth-order valence-corrected chi connectivity index (χ4v) is 5.08. The summed E-state index contributed by atoms with van der Waals surface area (Å²) in [7, 11) is 0. The molecule has 1 N–H and O–H groups in total. The summed E-state index contributed by atoms with van der Waals surface area (Å²) in [5.74, 6) is -0.0547. The third-order valence-electron chi connectivity index (χ3n) is 7.14. The first-order valence-corrected chi connectivity index (χ1v) is 12.9. The van der Waals surface area contributed by atoms with E-state index in [1.165, 1.54) is 37.7 Å². The molecule has 1 saturated carbocycles. The van der Waals surface area contributed by atoms with E-state index < -0.39 is 5.97 Å². The molecule has 36 heavy (non-hydrogen) atoms. The van der Waals surface area contributed by atoms with E-state index in [0.29, 0.717) is 29.9 Å². The minimum atomic E-state index is -0.428. The number of hydrogen-bond donors (Lipinski definition) is 1. The molecule has 1 aliphatic rings. The maximum Gasteiger partial charge on any atom is 0.333 e. The van der Waals surface area contributed by atoms with Gasteiger partial charge in [-0.2, -0.15) is 0 Å². The van der Waals surface area contributed by atoms with Crippen molar-refractivity contribution in [2.75, 3.05) is 13.2 Å². The second kappa shape index (κ2) is 12.1. The number of benzene rings is 3. The number of aliphatic hydroxyl groups excluding tert-OH is 1. The van der Waals surface area contributed by atoms with E-state index in [9.17, 15) is 9.90 Å². The zero-order valence-corrected chi connectivity index (χ0v) is 21.1. The lowest BCUT2D eigenvalue weighted by Crippen LogP contribution is -2.09. The van der Waals surface area contributed by atoms with Crippen LogP contribution in [-0.2, 0) is 22.4 Å². The van der Waals surface area contributed by atoms with Gasteiger partial charge in [-0.25, -0.2) is 9.18 Å². The van der Waals surface area contributed by atoms with Crippen LogP contribution in [0.1, 0.15) is 61.6 Å². The van der Waals surface area contributed by atoms with E-state index in [2.05, 4.69) is 30.8 Å². The van der Waals surface area contributed by atoms with Crippen LogP contribution in [0.4, 0.5) is 4.39 Å². The molecule has 3 aromatic rings. The summed E-state index contributed by atoms with van der Waals surface area (Å²) in [4.78, 5) is 11.7. The summed E-state index contributed by atoms with van der Waals surface area (Å²) in [5, 5.41) is 9.43. The molecule has 1 fully saturated rings. The van der Waals surface area contributed by atoms with Gasteiger partial charge in [-0.1, -0.05) is 80.4 Å². The summed E-state index contributed by atoms with van der Waals surface area (Å²) in [6.45, 7) is 5.42. The van der Waals surface area contributed by atoms with Crippen LogP contribution in [0.2, 0.25) is 0 Å². The molecule has 4 heteroatoms. The zero-order chi connectivity index (χ0) is 25.5. The van der Waals surface area contributed by atoms with Crippen molar-refractivity contribution in [2.24, 2.45) is 0 Å². The van der Waals surface area contributed by atoms with Gasteiger partial charge in [0.15, 0.2) is 0 Å². The number of aliphatic hydroxyl groups is 1. The monoisotopic (exact) mass is 486 g/mol. The number of hydrogen-bond acceptors (Lipinski definition) is 3. The third-order valence-corrected chi connectivity index (χ3v) is 7.14. The molecular formula is C32H35FO3. The van der Waals surface area contributed by atoms with E-state index >= 15 is 4.39 Å². The third kappa shape index (κ3) is 6.30. The summed E-state index contributed by atoms with van der Waals surface area (Å²) < 4.78 is 20.5. The average molecular weight is 487 g/mol. The van der Waals surface area contributed by atoms with Crippen LogP contribution in [0.15, 0.2) is 72.8 Å². The van der Waals surface area contributed by atoms with Crippen molar-refractivity contribution in [3.05, 3.63) is 95.3 Å². The Kier molecular flexibility index (Phi) is 8.71. The lowest BCUT2D eigenvalue weighted by molar-refractivity contribution is -0.138. The molecule has 0 unspecified atom stereocenters. The van der Waals surface area contributed by atoms with Gasteiger partial charge in [0, 0.05) is 24.2 Å². The van der Waals surface area contributed by atoms with E-state index in [0.717, 1.165) is 27.8 Å². The van der Waals surface area contributed by atoms with Crippen molar-refractivity contribution in [3.8, 4) is 22.3 Å². The second-order valence-electron chi connectivity index (χ2n) is 9.77. The van der Waals surface area contributed by atoms with Gasteiger partial charge in [0.2, 0.25) is 0 Å². The Morgan fingerprint density at radius 1 is 0.917 bits per heavy atom. The van der Waals surface area contributed by atoms with Crippen molar-refractivity contribution >= 4 is 5.97 Å². The van der Waals surface area contributed by atoms with E-state index in [1.807, 2.05) is 30.3 Å². The molecule has 3 aromatic carbocycles. The molecule has 188 valence electrons. The largest absolute Gasteiger partial charge is 0.462 e. The smallest absolute Gasteiger partial charge is 0.333 e. The predicted molar refractivity (Wildman–Crippen MR) is 143 cm³/mol. The molecule has 0 radical (unpaired) electrons. The molecule has 0 spiro atoms. The van der Waals surface area contributed by atoms with Crippen molar-refractivity contribution in [3.63, 3.8) is 0 Å². The molecule has 0 heterocycles. The molecule has 0 saturated heterocycles. The number of ether oxygens (including phenoxy) is 1. The van der Waals surface area contributed by atoms with Crippen molar-refractivity contribution < 1.29 is 19.0 Å². The summed E-state index contributed by atoms with van der Waals surface area (Å²) >= 11 is 0. The quantitative estimate of drug-likeness (QED) is 0.253. The van der Waals surface area contributed by atoms with Crippen LogP contribution in [0.5, 0.6) is 0 Å². The topological polar surface area (TPSA) is 46.5 Å². The molecule has 3 nitrogen and oxygen atoms in total. The summed E-state index contributed by atoms with van der Waals surface area (Å²) in [5.41, 5.74) is 6.78. The van der Waals surface area contributed by atoms with Gasteiger partial charge in [0.05, 0.1) is 6.61 Å². The van der Waals surface area contributed by atoms with E-state index in [-0.39, 0.29) is 19.0 Å². The van der Waals surface area contributed by atoms with Gasteiger partial charge in [0.1, 0.15) is 5.82 Å². The van der Waals surface area contributed by atoms with Crippen LogP contribution in [0, 0.1) is 5.82 Å². The Hall–Kier alpha value is -3.24. The molecule has 1 aliphatic carbocycles.